The van der Waals surface area contributed by atoms with Gasteiger partial charge in [-0.3, -0.25) is 4.79 Å². The number of anilines is 1. The Bertz CT molecular complexity index is 937. The fourth-order valence-electron chi connectivity index (χ4n) is 2.47. The van der Waals surface area contributed by atoms with E-state index < -0.39 is 0 Å². The molecule has 0 fully saturated rings. The van der Waals surface area contributed by atoms with Crippen molar-refractivity contribution in [3.8, 4) is 11.5 Å². The van der Waals surface area contributed by atoms with E-state index in [0.29, 0.717) is 17.1 Å². The second kappa shape index (κ2) is 7.98. The van der Waals surface area contributed by atoms with E-state index in [1.165, 1.54) is 6.07 Å². The van der Waals surface area contributed by atoms with Gasteiger partial charge in [0.15, 0.2) is 0 Å². The van der Waals surface area contributed by atoms with Crippen LogP contribution in [0.2, 0.25) is 0 Å². The van der Waals surface area contributed by atoms with E-state index in [9.17, 15) is 15.0 Å². The third-order valence-electron chi connectivity index (χ3n) is 3.75. The van der Waals surface area contributed by atoms with Crippen LogP contribution in [0.15, 0.2) is 83.9 Å². The van der Waals surface area contributed by atoms with Gasteiger partial charge in [-0.2, -0.15) is 0 Å². The first-order chi connectivity index (χ1) is 12.6. The van der Waals surface area contributed by atoms with Crippen molar-refractivity contribution < 1.29 is 15.0 Å². The van der Waals surface area contributed by atoms with Gasteiger partial charge in [0.05, 0.1) is 17.8 Å². The van der Waals surface area contributed by atoms with Gasteiger partial charge in [-0.05, 0) is 29.8 Å². The van der Waals surface area contributed by atoms with Crippen molar-refractivity contribution in [2.45, 2.75) is 6.42 Å². The van der Waals surface area contributed by atoms with Crippen LogP contribution in [0.4, 0.5) is 11.4 Å². The summed E-state index contributed by atoms with van der Waals surface area (Å²) in [5.74, 6) is -0.272. The molecule has 3 rings (SSSR count). The molecule has 5 heteroatoms. The van der Waals surface area contributed by atoms with Crippen LogP contribution in [-0.4, -0.2) is 21.8 Å². The molecule has 5 nitrogen and oxygen atoms in total. The van der Waals surface area contributed by atoms with Crippen molar-refractivity contribution in [1.82, 2.24) is 0 Å². The first-order valence-electron chi connectivity index (χ1n) is 8.12. The fourth-order valence-corrected chi connectivity index (χ4v) is 2.47. The van der Waals surface area contributed by atoms with Crippen molar-refractivity contribution in [1.29, 1.82) is 0 Å². The summed E-state index contributed by atoms with van der Waals surface area (Å²) in [6.07, 6.45) is -0.00726. The third kappa shape index (κ3) is 4.27. The van der Waals surface area contributed by atoms with E-state index in [-0.39, 0.29) is 23.8 Å². The maximum atomic E-state index is 12.5. The van der Waals surface area contributed by atoms with Gasteiger partial charge >= 0.3 is 0 Å². The van der Waals surface area contributed by atoms with E-state index in [2.05, 4.69) is 10.3 Å². The van der Waals surface area contributed by atoms with Gasteiger partial charge in [-0.1, -0.05) is 54.6 Å². The standard InChI is InChI=1S/C21H18N2O3/c24-19-12-6-4-10-16(19)22-18(15-8-2-1-3-9-15)14-21(26)23-17-11-5-7-13-20(17)25/h1-13,24-25H,14H2,(H,23,26). The first kappa shape index (κ1) is 17.2. The van der Waals surface area contributed by atoms with Crippen molar-refractivity contribution in [2.75, 3.05) is 5.32 Å². The number of nitrogens with zero attached hydrogens (tertiary/aromatic N) is 1. The summed E-state index contributed by atoms with van der Waals surface area (Å²) >= 11 is 0. The Kier molecular flexibility index (Phi) is 5.29. The van der Waals surface area contributed by atoms with Crippen LogP contribution in [-0.2, 0) is 4.79 Å². The van der Waals surface area contributed by atoms with Crippen LogP contribution in [0.25, 0.3) is 0 Å². The third-order valence-corrected chi connectivity index (χ3v) is 3.75. The Labute approximate surface area is 151 Å². The summed E-state index contributed by atoms with van der Waals surface area (Å²) < 4.78 is 0. The minimum atomic E-state index is -0.315. The molecule has 0 spiro atoms. The lowest BCUT2D eigenvalue weighted by atomic mass is 10.1. The molecule has 0 unspecified atom stereocenters. The number of hydrogen-bond acceptors (Lipinski definition) is 4. The number of aliphatic imine (C=N–C) groups is 1. The molecular weight excluding hydrogens is 328 g/mol. The average Bonchev–Trinajstić information content (AvgIpc) is 2.65. The number of benzene rings is 3. The number of nitrogens with one attached hydrogen (secondary N) is 1. The topological polar surface area (TPSA) is 81.9 Å². The molecule has 130 valence electrons. The Morgan fingerprint density at radius 2 is 1.42 bits per heavy atom. The molecule has 3 N–H and O–H groups in total. The molecule has 0 atom stereocenters. The Morgan fingerprint density at radius 3 is 2.12 bits per heavy atom. The highest BCUT2D eigenvalue weighted by atomic mass is 16.3. The lowest BCUT2D eigenvalue weighted by Crippen LogP contribution is -2.17. The number of hydrogen-bond donors (Lipinski definition) is 3. The number of carbonyl (C=O) groups excluding carboxylic acids is 1. The number of phenols is 2. The molecule has 0 saturated heterocycles. The second-order valence-corrected chi connectivity index (χ2v) is 5.66. The van der Waals surface area contributed by atoms with E-state index in [0.717, 1.165) is 5.56 Å². The predicted molar refractivity (Wildman–Crippen MR) is 102 cm³/mol. The molecule has 0 aliphatic rings. The Hall–Kier alpha value is -3.60. The summed E-state index contributed by atoms with van der Waals surface area (Å²) in [5, 5.41) is 22.5. The van der Waals surface area contributed by atoms with Crippen molar-refractivity contribution >= 4 is 23.0 Å². The van der Waals surface area contributed by atoms with Gasteiger partial charge in [0, 0.05) is 0 Å². The second-order valence-electron chi connectivity index (χ2n) is 5.66. The molecule has 3 aromatic carbocycles. The maximum Gasteiger partial charge on any atom is 0.230 e. The van der Waals surface area contributed by atoms with E-state index in [1.807, 2.05) is 30.3 Å². The highest BCUT2D eigenvalue weighted by Gasteiger charge is 2.13. The van der Waals surface area contributed by atoms with Gasteiger partial charge in [-0.25, -0.2) is 4.99 Å². The number of amides is 1. The maximum absolute atomic E-state index is 12.5. The van der Waals surface area contributed by atoms with Gasteiger partial charge in [-0.15, -0.1) is 0 Å². The summed E-state index contributed by atoms with van der Waals surface area (Å²) in [7, 11) is 0. The molecule has 0 aromatic heterocycles. The summed E-state index contributed by atoms with van der Waals surface area (Å²) in [4.78, 5) is 16.9. The minimum Gasteiger partial charge on any atom is -0.506 e. The fraction of sp³-hybridized carbons (Fsp3) is 0.0476. The molecule has 3 aromatic rings. The summed E-state index contributed by atoms with van der Waals surface area (Å²) in [5.41, 5.74) is 2.03. The minimum absolute atomic E-state index is 0.000228. The zero-order valence-corrected chi connectivity index (χ0v) is 14.0. The lowest BCUT2D eigenvalue weighted by Gasteiger charge is -2.10. The quantitative estimate of drug-likeness (QED) is 0.477. The monoisotopic (exact) mass is 346 g/mol. The van der Waals surface area contributed by atoms with Crippen LogP contribution in [0.1, 0.15) is 12.0 Å². The predicted octanol–water partition coefficient (Wildman–Crippen LogP) is 4.25. The van der Waals surface area contributed by atoms with Crippen molar-refractivity contribution in [3.63, 3.8) is 0 Å². The molecule has 26 heavy (non-hydrogen) atoms. The molecule has 0 aliphatic heterocycles. The van der Waals surface area contributed by atoms with Crippen molar-refractivity contribution in [2.24, 2.45) is 4.99 Å². The van der Waals surface area contributed by atoms with E-state index >= 15 is 0 Å². The first-order valence-corrected chi connectivity index (χ1v) is 8.12. The molecular formula is C21H18N2O3. The van der Waals surface area contributed by atoms with E-state index in [4.69, 9.17) is 0 Å². The Morgan fingerprint density at radius 1 is 0.808 bits per heavy atom. The molecule has 0 heterocycles. The van der Waals surface area contributed by atoms with Crippen LogP contribution in [0.5, 0.6) is 11.5 Å². The number of para-hydroxylation sites is 4. The normalized spacial score (nSPS) is 11.2. The highest BCUT2D eigenvalue weighted by Crippen LogP contribution is 2.27. The average molecular weight is 346 g/mol. The van der Waals surface area contributed by atoms with Gasteiger partial charge in [0.25, 0.3) is 0 Å². The van der Waals surface area contributed by atoms with Crippen LogP contribution < -0.4 is 5.32 Å². The number of carbonyl (C=O) groups is 1. The highest BCUT2D eigenvalue weighted by molar-refractivity contribution is 6.14. The van der Waals surface area contributed by atoms with Crippen LogP contribution >= 0.6 is 0 Å². The smallest absolute Gasteiger partial charge is 0.230 e. The van der Waals surface area contributed by atoms with Gasteiger partial charge in [0.2, 0.25) is 5.91 Å². The van der Waals surface area contributed by atoms with Crippen LogP contribution in [0.3, 0.4) is 0 Å². The lowest BCUT2D eigenvalue weighted by molar-refractivity contribution is -0.115. The molecule has 0 radical (unpaired) electrons. The van der Waals surface area contributed by atoms with E-state index in [1.54, 1.807) is 42.5 Å². The molecule has 0 saturated carbocycles. The molecule has 0 aliphatic carbocycles. The zero-order chi connectivity index (χ0) is 18.4. The van der Waals surface area contributed by atoms with Gasteiger partial charge < -0.3 is 15.5 Å². The van der Waals surface area contributed by atoms with Crippen LogP contribution in [0, 0.1) is 0 Å². The largest absolute Gasteiger partial charge is 0.506 e. The molecule has 0 bridgehead atoms. The summed E-state index contributed by atoms with van der Waals surface area (Å²) in [6, 6.07) is 22.5. The van der Waals surface area contributed by atoms with Crippen molar-refractivity contribution in [3.05, 3.63) is 84.4 Å². The number of phenolic OH excluding ortho intramolecular Hbond substituents is 2. The van der Waals surface area contributed by atoms with Gasteiger partial charge in [0.1, 0.15) is 17.2 Å². The Balaban J connectivity index is 1.88. The molecule has 1 amide bonds. The number of rotatable bonds is 5. The SMILES string of the molecule is O=C(CC(=Nc1ccccc1O)c1ccccc1)Nc1ccccc1O. The number of aromatic hydroxyl groups is 2. The zero-order valence-electron chi connectivity index (χ0n) is 14.0. The summed E-state index contributed by atoms with van der Waals surface area (Å²) in [6.45, 7) is 0.